The van der Waals surface area contributed by atoms with E-state index in [1.54, 1.807) is 7.11 Å². The van der Waals surface area contributed by atoms with E-state index in [2.05, 4.69) is 22.5 Å². The van der Waals surface area contributed by atoms with Crippen molar-refractivity contribution >= 4 is 22.6 Å². The lowest BCUT2D eigenvalue weighted by molar-refractivity contribution is 0.103. The number of fused-ring (bicyclic) bond motifs is 1. The molecule has 0 radical (unpaired) electrons. The van der Waals surface area contributed by atoms with E-state index in [4.69, 9.17) is 16.3 Å². The molecule has 0 bridgehead atoms. The van der Waals surface area contributed by atoms with Crippen LogP contribution < -0.4 is 0 Å². The maximum absolute atomic E-state index is 5.82. The van der Waals surface area contributed by atoms with Crippen LogP contribution in [0.2, 0.25) is 0 Å². The Hall–Kier alpha value is -1.06. The Morgan fingerprint density at radius 3 is 2.88 bits per heavy atom. The number of halogens is 1. The van der Waals surface area contributed by atoms with Gasteiger partial charge in [-0.3, -0.25) is 0 Å². The Morgan fingerprint density at radius 2 is 2.18 bits per heavy atom. The number of para-hydroxylation sites is 2. The van der Waals surface area contributed by atoms with Gasteiger partial charge < -0.3 is 9.30 Å². The maximum atomic E-state index is 5.82. The van der Waals surface area contributed by atoms with Crippen LogP contribution in [0.15, 0.2) is 24.3 Å². The molecule has 1 aromatic carbocycles. The second-order valence-corrected chi connectivity index (χ2v) is 4.49. The van der Waals surface area contributed by atoms with E-state index < -0.39 is 0 Å². The van der Waals surface area contributed by atoms with Crippen LogP contribution in [0.1, 0.15) is 12.7 Å². The molecule has 0 spiro atoms. The topological polar surface area (TPSA) is 27.1 Å². The summed E-state index contributed by atoms with van der Waals surface area (Å²) in [6, 6.07) is 8.15. The van der Waals surface area contributed by atoms with Gasteiger partial charge in [0.05, 0.1) is 23.7 Å². The maximum Gasteiger partial charge on any atom is 0.111 e. The fraction of sp³-hybridized carbons (Fsp3) is 0.462. The summed E-state index contributed by atoms with van der Waals surface area (Å²) in [5.74, 6) is 1.62. The van der Waals surface area contributed by atoms with Gasteiger partial charge in [-0.15, -0.1) is 11.6 Å². The summed E-state index contributed by atoms with van der Waals surface area (Å²) in [5.41, 5.74) is 2.17. The average molecular weight is 253 g/mol. The molecule has 17 heavy (non-hydrogen) atoms. The average Bonchev–Trinajstić information content (AvgIpc) is 2.68. The SMILES string of the molecule is COC(C)Cn1c(CCCl)nc2ccccc21. The molecule has 4 heteroatoms. The van der Waals surface area contributed by atoms with Crippen molar-refractivity contribution in [2.75, 3.05) is 13.0 Å². The van der Waals surface area contributed by atoms with Crippen LogP contribution in [0.25, 0.3) is 11.0 Å². The van der Waals surface area contributed by atoms with Crippen LogP contribution in [0.3, 0.4) is 0 Å². The van der Waals surface area contributed by atoms with Crippen molar-refractivity contribution < 1.29 is 4.74 Å². The zero-order valence-corrected chi connectivity index (χ0v) is 10.9. The Labute approximate surface area is 106 Å². The van der Waals surface area contributed by atoms with Crippen LogP contribution in [0.5, 0.6) is 0 Å². The summed E-state index contributed by atoms with van der Waals surface area (Å²) < 4.78 is 7.52. The highest BCUT2D eigenvalue weighted by Gasteiger charge is 2.12. The van der Waals surface area contributed by atoms with Crippen molar-refractivity contribution in [2.24, 2.45) is 0 Å². The molecular formula is C13H17ClN2O. The first-order chi connectivity index (χ1) is 8.26. The predicted octanol–water partition coefficient (Wildman–Crippen LogP) is 2.85. The van der Waals surface area contributed by atoms with Gasteiger partial charge in [0.1, 0.15) is 5.82 Å². The molecule has 92 valence electrons. The predicted molar refractivity (Wildman–Crippen MR) is 70.6 cm³/mol. The molecule has 0 aliphatic carbocycles. The van der Waals surface area contributed by atoms with Crippen molar-refractivity contribution in [1.82, 2.24) is 9.55 Å². The van der Waals surface area contributed by atoms with Crippen molar-refractivity contribution in [1.29, 1.82) is 0 Å². The van der Waals surface area contributed by atoms with Gasteiger partial charge >= 0.3 is 0 Å². The molecule has 1 heterocycles. The molecule has 0 aliphatic rings. The van der Waals surface area contributed by atoms with E-state index in [0.29, 0.717) is 5.88 Å². The summed E-state index contributed by atoms with van der Waals surface area (Å²) in [6.07, 6.45) is 0.953. The van der Waals surface area contributed by atoms with Crippen molar-refractivity contribution in [3.63, 3.8) is 0 Å². The fourth-order valence-corrected chi connectivity index (χ4v) is 2.11. The lowest BCUT2D eigenvalue weighted by atomic mass is 10.3. The van der Waals surface area contributed by atoms with Crippen LogP contribution in [0, 0.1) is 0 Å². The van der Waals surface area contributed by atoms with Gasteiger partial charge in [0.25, 0.3) is 0 Å². The number of aryl methyl sites for hydroxylation is 1. The summed E-state index contributed by atoms with van der Waals surface area (Å²) in [5, 5.41) is 0. The zero-order chi connectivity index (χ0) is 12.3. The molecule has 1 atom stereocenters. The monoisotopic (exact) mass is 252 g/mol. The number of methoxy groups -OCH3 is 1. The van der Waals surface area contributed by atoms with Gasteiger partial charge in [0.15, 0.2) is 0 Å². The van der Waals surface area contributed by atoms with Gasteiger partial charge in [-0.1, -0.05) is 12.1 Å². The first kappa shape index (κ1) is 12.4. The highest BCUT2D eigenvalue weighted by Crippen LogP contribution is 2.17. The zero-order valence-electron chi connectivity index (χ0n) is 10.2. The van der Waals surface area contributed by atoms with E-state index in [0.717, 1.165) is 29.8 Å². The highest BCUT2D eigenvalue weighted by molar-refractivity contribution is 6.17. The first-order valence-corrected chi connectivity index (χ1v) is 6.32. The lowest BCUT2D eigenvalue weighted by Crippen LogP contribution is -2.16. The Bertz CT molecular complexity index is 495. The molecule has 0 amide bonds. The highest BCUT2D eigenvalue weighted by atomic mass is 35.5. The molecule has 0 fully saturated rings. The third-order valence-corrected chi connectivity index (χ3v) is 3.08. The number of imidazole rings is 1. The smallest absolute Gasteiger partial charge is 0.111 e. The van der Waals surface area contributed by atoms with E-state index in [1.165, 1.54) is 0 Å². The minimum absolute atomic E-state index is 0.168. The summed E-state index contributed by atoms with van der Waals surface area (Å²) >= 11 is 5.82. The number of benzene rings is 1. The summed E-state index contributed by atoms with van der Waals surface area (Å²) in [4.78, 5) is 4.61. The number of aromatic nitrogens is 2. The normalized spacial score (nSPS) is 13.1. The number of hydrogen-bond donors (Lipinski definition) is 0. The van der Waals surface area contributed by atoms with E-state index in [-0.39, 0.29) is 6.10 Å². The number of hydrogen-bond acceptors (Lipinski definition) is 2. The Balaban J connectivity index is 2.44. The first-order valence-electron chi connectivity index (χ1n) is 5.79. The third-order valence-electron chi connectivity index (χ3n) is 2.89. The molecule has 0 N–H and O–H groups in total. The second kappa shape index (κ2) is 5.52. The van der Waals surface area contributed by atoms with E-state index >= 15 is 0 Å². The van der Waals surface area contributed by atoms with Crippen molar-refractivity contribution in [2.45, 2.75) is 26.0 Å². The van der Waals surface area contributed by atoms with E-state index in [1.807, 2.05) is 18.2 Å². The van der Waals surface area contributed by atoms with Crippen molar-refractivity contribution in [3.8, 4) is 0 Å². The number of rotatable bonds is 5. The molecular weight excluding hydrogens is 236 g/mol. The molecule has 3 nitrogen and oxygen atoms in total. The van der Waals surface area contributed by atoms with E-state index in [9.17, 15) is 0 Å². The van der Waals surface area contributed by atoms with Gasteiger partial charge in [-0.05, 0) is 19.1 Å². The molecule has 2 aromatic rings. The van der Waals surface area contributed by atoms with Gasteiger partial charge in [-0.25, -0.2) is 4.98 Å². The number of nitrogens with zero attached hydrogens (tertiary/aromatic N) is 2. The van der Waals surface area contributed by atoms with Crippen LogP contribution in [-0.4, -0.2) is 28.6 Å². The van der Waals surface area contributed by atoms with Gasteiger partial charge in [-0.2, -0.15) is 0 Å². The largest absolute Gasteiger partial charge is 0.380 e. The standard InChI is InChI=1S/C13H17ClN2O/c1-10(17-2)9-16-12-6-4-3-5-11(12)15-13(16)7-8-14/h3-6,10H,7-9H2,1-2H3. The Morgan fingerprint density at radius 1 is 1.41 bits per heavy atom. The van der Waals surface area contributed by atoms with Gasteiger partial charge in [0.2, 0.25) is 0 Å². The number of alkyl halides is 1. The van der Waals surface area contributed by atoms with Crippen LogP contribution >= 0.6 is 11.6 Å². The summed E-state index contributed by atoms with van der Waals surface area (Å²) in [6.45, 7) is 2.86. The molecule has 0 aliphatic heterocycles. The van der Waals surface area contributed by atoms with Crippen molar-refractivity contribution in [3.05, 3.63) is 30.1 Å². The minimum atomic E-state index is 0.168. The number of ether oxygens (including phenoxy) is 1. The third kappa shape index (κ3) is 2.61. The Kier molecular flexibility index (Phi) is 4.02. The second-order valence-electron chi connectivity index (χ2n) is 4.11. The molecule has 2 rings (SSSR count). The quantitative estimate of drug-likeness (QED) is 0.765. The molecule has 0 saturated heterocycles. The lowest BCUT2D eigenvalue weighted by Gasteiger charge is -2.13. The summed E-state index contributed by atoms with van der Waals surface area (Å²) in [7, 11) is 1.73. The van der Waals surface area contributed by atoms with Gasteiger partial charge in [0, 0.05) is 19.4 Å². The molecule has 0 saturated carbocycles. The molecule has 1 unspecified atom stereocenters. The fourth-order valence-electron chi connectivity index (χ4n) is 1.94. The minimum Gasteiger partial charge on any atom is -0.380 e. The molecule has 1 aromatic heterocycles. The van der Waals surface area contributed by atoms with Crippen LogP contribution in [-0.2, 0) is 17.7 Å². The van der Waals surface area contributed by atoms with Crippen LogP contribution in [0.4, 0.5) is 0 Å².